The van der Waals surface area contributed by atoms with Gasteiger partial charge in [-0.3, -0.25) is 24.6 Å². The van der Waals surface area contributed by atoms with Crippen LogP contribution in [0.3, 0.4) is 0 Å². The minimum absolute atomic E-state index is 0.0510. The molecule has 1 aromatic carbocycles. The van der Waals surface area contributed by atoms with Gasteiger partial charge in [0.15, 0.2) is 0 Å². The van der Waals surface area contributed by atoms with Gasteiger partial charge in [-0.25, -0.2) is 0 Å². The summed E-state index contributed by atoms with van der Waals surface area (Å²) in [5.74, 6) is 0.546. The third-order valence-corrected chi connectivity index (χ3v) is 7.32. The number of methoxy groups -OCH3 is 1. The Kier molecular flexibility index (Phi) is 6.60. The first kappa shape index (κ1) is 23.1. The van der Waals surface area contributed by atoms with E-state index < -0.39 is 4.92 Å². The van der Waals surface area contributed by atoms with Gasteiger partial charge >= 0.3 is 0 Å². The number of nitrogens with zero attached hydrogens (tertiary/aromatic N) is 3. The van der Waals surface area contributed by atoms with Crippen LogP contribution in [0.1, 0.15) is 49.1 Å². The van der Waals surface area contributed by atoms with E-state index in [0.29, 0.717) is 28.8 Å². The number of carbonyl (C=O) groups is 2. The molecule has 0 atom stereocenters. The Morgan fingerprint density at radius 1 is 1.18 bits per heavy atom. The highest BCUT2D eigenvalue weighted by molar-refractivity contribution is 8.18. The average Bonchev–Trinajstić information content (AvgIpc) is 3.23. The molecule has 0 unspecified atom stereocenters. The molecule has 2 aliphatic rings. The molecule has 4 rings (SSSR count). The minimum Gasteiger partial charge on any atom is -0.494 e. The molecule has 174 valence electrons. The second-order valence-corrected chi connectivity index (χ2v) is 9.56. The zero-order valence-corrected chi connectivity index (χ0v) is 19.8. The van der Waals surface area contributed by atoms with E-state index >= 15 is 0 Å². The van der Waals surface area contributed by atoms with Crippen molar-refractivity contribution in [1.82, 2.24) is 9.47 Å². The van der Waals surface area contributed by atoms with Crippen LogP contribution in [-0.4, -0.2) is 39.2 Å². The standard InChI is InChI=1S/C24H27N3O5S/c1-15-11-18(16(2)26(15)20-10-9-19(27(30)31)13-21(20)32-3)12-22-23(28)25(24(29)33-22)14-17-7-5-4-6-8-17/h9-13,17H,4-8,14H2,1-3H3/b22-12+. The first-order chi connectivity index (χ1) is 15.8. The zero-order valence-electron chi connectivity index (χ0n) is 19.0. The number of benzene rings is 1. The number of nitro benzene ring substituents is 1. The molecule has 1 aliphatic carbocycles. The second kappa shape index (κ2) is 9.43. The van der Waals surface area contributed by atoms with Gasteiger partial charge in [0.2, 0.25) is 0 Å². The highest BCUT2D eigenvalue weighted by Crippen LogP contribution is 2.37. The molecule has 1 saturated carbocycles. The molecule has 2 amide bonds. The van der Waals surface area contributed by atoms with Crippen molar-refractivity contribution in [2.45, 2.75) is 46.0 Å². The number of aromatic nitrogens is 1. The van der Waals surface area contributed by atoms with Crippen LogP contribution in [0.25, 0.3) is 11.8 Å². The molecular formula is C24H27N3O5S. The Balaban J connectivity index is 1.63. The molecule has 1 aromatic heterocycles. The van der Waals surface area contributed by atoms with Crippen LogP contribution in [0.15, 0.2) is 29.2 Å². The molecule has 2 aromatic rings. The number of hydrogen-bond donors (Lipinski definition) is 0. The van der Waals surface area contributed by atoms with Crippen LogP contribution in [0.2, 0.25) is 0 Å². The predicted octanol–water partition coefficient (Wildman–Crippen LogP) is 5.63. The summed E-state index contributed by atoms with van der Waals surface area (Å²) in [4.78, 5) is 38.0. The molecule has 1 saturated heterocycles. The highest BCUT2D eigenvalue weighted by Gasteiger charge is 2.36. The van der Waals surface area contributed by atoms with Crippen LogP contribution >= 0.6 is 11.8 Å². The van der Waals surface area contributed by atoms with E-state index in [1.165, 1.54) is 30.6 Å². The number of aryl methyl sites for hydroxylation is 1. The first-order valence-corrected chi connectivity index (χ1v) is 11.9. The Bertz CT molecular complexity index is 1150. The summed E-state index contributed by atoms with van der Waals surface area (Å²) in [6, 6.07) is 6.42. The van der Waals surface area contributed by atoms with Crippen LogP contribution in [0, 0.1) is 29.9 Å². The molecule has 0 bridgehead atoms. The summed E-state index contributed by atoms with van der Waals surface area (Å²) in [6.45, 7) is 4.33. The summed E-state index contributed by atoms with van der Waals surface area (Å²) in [5.41, 5.74) is 3.16. The maximum absolute atomic E-state index is 13.0. The molecule has 2 heterocycles. The largest absolute Gasteiger partial charge is 0.494 e. The second-order valence-electron chi connectivity index (χ2n) is 8.57. The monoisotopic (exact) mass is 469 g/mol. The van der Waals surface area contributed by atoms with E-state index in [1.807, 2.05) is 24.5 Å². The summed E-state index contributed by atoms with van der Waals surface area (Å²) in [6.07, 6.45) is 7.46. The van der Waals surface area contributed by atoms with E-state index in [-0.39, 0.29) is 16.8 Å². The predicted molar refractivity (Wildman–Crippen MR) is 128 cm³/mol. The average molecular weight is 470 g/mol. The van der Waals surface area contributed by atoms with Crippen molar-refractivity contribution in [2.24, 2.45) is 5.92 Å². The van der Waals surface area contributed by atoms with Crippen molar-refractivity contribution in [3.05, 3.63) is 56.2 Å². The number of carbonyl (C=O) groups excluding carboxylic acids is 2. The molecule has 0 radical (unpaired) electrons. The van der Waals surface area contributed by atoms with E-state index in [1.54, 1.807) is 12.1 Å². The topological polar surface area (TPSA) is 94.7 Å². The Morgan fingerprint density at radius 3 is 2.58 bits per heavy atom. The lowest BCUT2D eigenvalue weighted by Gasteiger charge is -2.25. The molecular weight excluding hydrogens is 442 g/mol. The third-order valence-electron chi connectivity index (χ3n) is 6.41. The lowest BCUT2D eigenvalue weighted by Crippen LogP contribution is -2.34. The van der Waals surface area contributed by atoms with Crippen molar-refractivity contribution in [1.29, 1.82) is 0 Å². The normalized spacial score (nSPS) is 18.4. The van der Waals surface area contributed by atoms with Gasteiger partial charge in [-0.2, -0.15) is 0 Å². The molecule has 0 N–H and O–H groups in total. The Morgan fingerprint density at radius 2 is 1.91 bits per heavy atom. The molecule has 0 spiro atoms. The summed E-state index contributed by atoms with van der Waals surface area (Å²) in [5, 5.41) is 10.9. The maximum Gasteiger partial charge on any atom is 0.293 e. The van der Waals surface area contributed by atoms with Gasteiger partial charge in [-0.15, -0.1) is 0 Å². The van der Waals surface area contributed by atoms with Crippen molar-refractivity contribution in [2.75, 3.05) is 13.7 Å². The van der Waals surface area contributed by atoms with Gasteiger partial charge in [0, 0.05) is 24.0 Å². The number of thioether (sulfide) groups is 1. The van der Waals surface area contributed by atoms with Gasteiger partial charge < -0.3 is 9.30 Å². The Hall–Kier alpha value is -3.07. The first-order valence-electron chi connectivity index (χ1n) is 11.1. The smallest absolute Gasteiger partial charge is 0.293 e. The molecule has 1 aliphatic heterocycles. The molecule has 9 heteroatoms. The van der Waals surface area contributed by atoms with Crippen LogP contribution in [0.4, 0.5) is 10.5 Å². The summed E-state index contributed by atoms with van der Waals surface area (Å²) in [7, 11) is 1.47. The SMILES string of the molecule is COc1cc([N+](=O)[O-])ccc1-n1c(C)cc(/C=C2/SC(=O)N(CC3CCCCC3)C2=O)c1C. The number of amides is 2. The fourth-order valence-corrected chi connectivity index (χ4v) is 5.53. The molecule has 2 fully saturated rings. The van der Waals surface area contributed by atoms with Crippen LogP contribution in [-0.2, 0) is 4.79 Å². The highest BCUT2D eigenvalue weighted by atomic mass is 32.2. The lowest BCUT2D eigenvalue weighted by molar-refractivity contribution is -0.384. The third kappa shape index (κ3) is 4.55. The number of hydrogen-bond acceptors (Lipinski definition) is 6. The maximum atomic E-state index is 13.0. The Labute approximate surface area is 196 Å². The number of imide groups is 1. The number of ether oxygens (including phenoxy) is 1. The number of non-ortho nitro benzene ring substituents is 1. The number of nitro groups is 1. The van der Waals surface area contributed by atoms with Gasteiger partial charge in [0.1, 0.15) is 5.75 Å². The minimum atomic E-state index is -0.462. The lowest BCUT2D eigenvalue weighted by atomic mass is 9.89. The summed E-state index contributed by atoms with van der Waals surface area (Å²) < 4.78 is 7.34. The van der Waals surface area contributed by atoms with Crippen molar-refractivity contribution in [3.63, 3.8) is 0 Å². The molecule has 33 heavy (non-hydrogen) atoms. The van der Waals surface area contributed by atoms with E-state index in [4.69, 9.17) is 4.74 Å². The fourth-order valence-electron chi connectivity index (χ4n) is 4.70. The van der Waals surface area contributed by atoms with Gasteiger partial charge in [-0.05, 0) is 68.1 Å². The van der Waals surface area contributed by atoms with Crippen molar-refractivity contribution < 1.29 is 19.2 Å². The van der Waals surface area contributed by atoms with Crippen molar-refractivity contribution in [3.8, 4) is 11.4 Å². The van der Waals surface area contributed by atoms with Gasteiger partial charge in [0.25, 0.3) is 16.8 Å². The van der Waals surface area contributed by atoms with E-state index in [9.17, 15) is 19.7 Å². The van der Waals surface area contributed by atoms with Crippen LogP contribution < -0.4 is 4.74 Å². The van der Waals surface area contributed by atoms with E-state index in [0.717, 1.165) is 54.4 Å². The molecule has 8 nitrogen and oxygen atoms in total. The van der Waals surface area contributed by atoms with Gasteiger partial charge in [0.05, 0.1) is 28.7 Å². The van der Waals surface area contributed by atoms with Crippen LogP contribution in [0.5, 0.6) is 5.75 Å². The quantitative estimate of drug-likeness (QED) is 0.309. The summed E-state index contributed by atoms with van der Waals surface area (Å²) >= 11 is 0.987. The van der Waals surface area contributed by atoms with E-state index in [2.05, 4.69) is 0 Å². The van der Waals surface area contributed by atoms with Crippen molar-refractivity contribution >= 4 is 34.7 Å². The fraction of sp³-hybridized carbons (Fsp3) is 0.417. The zero-order chi connectivity index (χ0) is 23.7. The van der Waals surface area contributed by atoms with Gasteiger partial charge in [-0.1, -0.05) is 19.3 Å². The number of rotatable bonds is 6.